The van der Waals surface area contributed by atoms with Gasteiger partial charge in [0.1, 0.15) is 11.6 Å². The summed E-state index contributed by atoms with van der Waals surface area (Å²) in [7, 11) is 1.66. The van der Waals surface area contributed by atoms with E-state index in [9.17, 15) is 13.6 Å². The van der Waals surface area contributed by atoms with Crippen molar-refractivity contribution < 1.29 is 18.3 Å². The van der Waals surface area contributed by atoms with Crippen molar-refractivity contribution in [3.8, 4) is 0 Å². The number of ether oxygens (including phenoxy) is 1. The van der Waals surface area contributed by atoms with Crippen LogP contribution in [0.25, 0.3) is 0 Å². The van der Waals surface area contributed by atoms with E-state index in [4.69, 9.17) is 4.74 Å². The third-order valence-electron chi connectivity index (χ3n) is 4.25. The molecule has 7 heteroatoms. The molecule has 1 aromatic rings. The molecule has 23 heavy (non-hydrogen) atoms. The molecular formula is C16H19F2N3O2. The molecule has 2 aliphatic rings. The summed E-state index contributed by atoms with van der Waals surface area (Å²) in [4.78, 5) is 14.2. The first-order valence-electron chi connectivity index (χ1n) is 7.64. The van der Waals surface area contributed by atoms with Gasteiger partial charge in [0.15, 0.2) is 0 Å². The highest BCUT2D eigenvalue weighted by Crippen LogP contribution is 2.32. The van der Waals surface area contributed by atoms with Gasteiger partial charge in [-0.15, -0.1) is 0 Å². The predicted octanol–water partition coefficient (Wildman–Crippen LogP) is 2.79. The smallest absolute Gasteiger partial charge is 0.341 e. The molecule has 2 aliphatic heterocycles. The van der Waals surface area contributed by atoms with Gasteiger partial charge in [-0.2, -0.15) is 5.10 Å². The minimum absolute atomic E-state index is 0.220. The van der Waals surface area contributed by atoms with E-state index < -0.39 is 17.7 Å². The van der Waals surface area contributed by atoms with Crippen LogP contribution in [0.1, 0.15) is 24.4 Å². The van der Waals surface area contributed by atoms with Gasteiger partial charge >= 0.3 is 6.03 Å². The lowest BCUT2D eigenvalue weighted by molar-refractivity contribution is 0.0655. The largest absolute Gasteiger partial charge is 0.385 e. The first-order valence-corrected chi connectivity index (χ1v) is 7.64. The van der Waals surface area contributed by atoms with Crippen LogP contribution < -0.4 is 0 Å². The summed E-state index contributed by atoms with van der Waals surface area (Å²) in [6.45, 7) is 2.01. The number of nitrogens with zero attached hydrogens (tertiary/aromatic N) is 3. The number of amides is 2. The second kappa shape index (κ2) is 6.62. The summed E-state index contributed by atoms with van der Waals surface area (Å²) >= 11 is 0. The Morgan fingerprint density at radius 1 is 1.30 bits per heavy atom. The molecule has 124 valence electrons. The van der Waals surface area contributed by atoms with Crippen molar-refractivity contribution in [1.29, 1.82) is 0 Å². The van der Waals surface area contributed by atoms with E-state index in [2.05, 4.69) is 5.10 Å². The van der Waals surface area contributed by atoms with Gasteiger partial charge in [-0.25, -0.2) is 18.6 Å². The normalized spacial score (nSPS) is 20.9. The Kier molecular flexibility index (Phi) is 4.56. The zero-order chi connectivity index (χ0) is 16.4. The molecule has 0 aromatic heterocycles. The van der Waals surface area contributed by atoms with Crippen molar-refractivity contribution in [3.63, 3.8) is 0 Å². The van der Waals surface area contributed by atoms with Gasteiger partial charge in [0.2, 0.25) is 0 Å². The fourth-order valence-corrected chi connectivity index (χ4v) is 2.98. The number of urea groups is 1. The number of hydrazone groups is 1. The molecule has 3 rings (SSSR count). The van der Waals surface area contributed by atoms with Crippen LogP contribution >= 0.6 is 0 Å². The number of rotatable bonds is 4. The van der Waals surface area contributed by atoms with E-state index >= 15 is 0 Å². The number of carbonyl (C=O) groups excluding carboxylic acids is 1. The molecule has 5 nitrogen and oxygen atoms in total. The summed E-state index contributed by atoms with van der Waals surface area (Å²) in [6, 6.07) is 2.65. The van der Waals surface area contributed by atoms with Crippen LogP contribution in [0.15, 0.2) is 23.3 Å². The maximum Gasteiger partial charge on any atom is 0.341 e. The second-order valence-electron chi connectivity index (χ2n) is 5.93. The van der Waals surface area contributed by atoms with Gasteiger partial charge in [0, 0.05) is 45.5 Å². The lowest BCUT2D eigenvalue weighted by Crippen LogP contribution is -2.54. The molecule has 2 amide bonds. The highest BCUT2D eigenvalue weighted by Gasteiger charge is 2.37. The lowest BCUT2D eigenvalue weighted by atomic mass is 9.97. The van der Waals surface area contributed by atoms with Gasteiger partial charge in [-0.1, -0.05) is 0 Å². The number of hydrogen-bond acceptors (Lipinski definition) is 3. The Hall–Kier alpha value is -2.02. The number of halogens is 2. The number of benzene rings is 1. The molecule has 2 heterocycles. The van der Waals surface area contributed by atoms with Crippen LogP contribution in [0.3, 0.4) is 0 Å². The average Bonchev–Trinajstić information content (AvgIpc) is 2.93. The van der Waals surface area contributed by atoms with E-state index in [-0.39, 0.29) is 6.03 Å². The van der Waals surface area contributed by atoms with Crippen LogP contribution in [0, 0.1) is 17.6 Å². The van der Waals surface area contributed by atoms with Crippen LogP contribution in [0.2, 0.25) is 0 Å². The van der Waals surface area contributed by atoms with Crippen LogP contribution in [0.5, 0.6) is 0 Å². The van der Waals surface area contributed by atoms with Crippen LogP contribution in [0.4, 0.5) is 13.6 Å². The summed E-state index contributed by atoms with van der Waals surface area (Å²) in [5.74, 6) is -0.860. The minimum atomic E-state index is -0.650. The molecule has 1 fully saturated rings. The molecule has 1 saturated heterocycles. The van der Waals surface area contributed by atoms with Crippen molar-refractivity contribution in [2.24, 2.45) is 11.0 Å². The standard InChI is InChI=1S/C16H19F2N3O2/c1-23-5-3-11-9-20(10-11)16(22)21-15(2-4-19-21)12-6-13(17)8-14(18)7-12/h4,6-8,11,15H,2-3,5,9-10H2,1H3. The molecule has 0 bridgehead atoms. The maximum atomic E-state index is 13.4. The SMILES string of the molecule is COCCC1CN(C(=O)N2N=CCC2c2cc(F)cc(F)c2)C1. The van der Waals surface area contributed by atoms with Gasteiger partial charge in [-0.3, -0.25) is 0 Å². The van der Waals surface area contributed by atoms with Crippen LogP contribution in [-0.2, 0) is 4.74 Å². The quantitative estimate of drug-likeness (QED) is 0.855. The number of likely N-dealkylation sites (tertiary alicyclic amines) is 1. The van der Waals surface area contributed by atoms with Crippen molar-refractivity contribution in [2.45, 2.75) is 18.9 Å². The zero-order valence-electron chi connectivity index (χ0n) is 12.9. The van der Waals surface area contributed by atoms with E-state index in [1.807, 2.05) is 0 Å². The summed E-state index contributed by atoms with van der Waals surface area (Å²) in [6.07, 6.45) is 2.98. The number of hydrogen-bond donors (Lipinski definition) is 0. The Labute approximate surface area is 133 Å². The van der Waals surface area contributed by atoms with E-state index in [1.54, 1.807) is 18.2 Å². The molecule has 0 saturated carbocycles. The molecule has 0 radical (unpaired) electrons. The van der Waals surface area contributed by atoms with E-state index in [0.717, 1.165) is 12.5 Å². The van der Waals surface area contributed by atoms with Gasteiger partial charge < -0.3 is 9.64 Å². The van der Waals surface area contributed by atoms with Crippen LogP contribution in [-0.4, -0.2) is 49.0 Å². The average molecular weight is 323 g/mol. The van der Waals surface area contributed by atoms with E-state index in [0.29, 0.717) is 37.6 Å². The summed E-state index contributed by atoms with van der Waals surface area (Å²) in [5, 5.41) is 5.41. The molecule has 1 atom stereocenters. The third-order valence-corrected chi connectivity index (χ3v) is 4.25. The summed E-state index contributed by atoms with van der Waals surface area (Å²) in [5.41, 5.74) is 0.421. The first-order chi connectivity index (χ1) is 11.1. The van der Waals surface area contributed by atoms with Gasteiger partial charge in [0.05, 0.1) is 6.04 Å². The fraction of sp³-hybridized carbons (Fsp3) is 0.500. The number of methoxy groups -OCH3 is 1. The second-order valence-corrected chi connectivity index (χ2v) is 5.93. The van der Waals surface area contributed by atoms with Gasteiger partial charge in [0.25, 0.3) is 0 Å². The fourth-order valence-electron chi connectivity index (χ4n) is 2.98. The molecule has 1 unspecified atom stereocenters. The van der Waals surface area contributed by atoms with Crippen molar-refractivity contribution >= 4 is 12.2 Å². The summed E-state index contributed by atoms with van der Waals surface area (Å²) < 4.78 is 31.8. The highest BCUT2D eigenvalue weighted by atomic mass is 19.1. The number of carbonyl (C=O) groups is 1. The zero-order valence-corrected chi connectivity index (χ0v) is 12.9. The Balaban J connectivity index is 1.65. The maximum absolute atomic E-state index is 13.4. The topological polar surface area (TPSA) is 45.1 Å². The Morgan fingerprint density at radius 3 is 2.65 bits per heavy atom. The van der Waals surface area contributed by atoms with Crippen molar-refractivity contribution in [2.75, 3.05) is 26.8 Å². The first kappa shape index (κ1) is 15.9. The molecular weight excluding hydrogens is 304 g/mol. The Morgan fingerprint density at radius 2 is 2.00 bits per heavy atom. The van der Waals surface area contributed by atoms with Crippen molar-refractivity contribution in [1.82, 2.24) is 9.91 Å². The monoisotopic (exact) mass is 323 g/mol. The molecule has 0 aliphatic carbocycles. The van der Waals surface area contributed by atoms with E-state index in [1.165, 1.54) is 17.1 Å². The predicted molar refractivity (Wildman–Crippen MR) is 81.0 cm³/mol. The third kappa shape index (κ3) is 3.34. The van der Waals surface area contributed by atoms with Gasteiger partial charge in [-0.05, 0) is 30.0 Å². The lowest BCUT2D eigenvalue weighted by Gasteiger charge is -2.41. The molecule has 1 aromatic carbocycles. The van der Waals surface area contributed by atoms with Crippen molar-refractivity contribution in [3.05, 3.63) is 35.4 Å². The minimum Gasteiger partial charge on any atom is -0.385 e. The molecule has 0 spiro atoms. The Bertz CT molecular complexity index is 597. The highest BCUT2D eigenvalue weighted by molar-refractivity contribution is 5.79. The molecule has 0 N–H and O–H groups in total.